The van der Waals surface area contributed by atoms with Crippen LogP contribution in [0, 0.1) is 0 Å². The van der Waals surface area contributed by atoms with Crippen LogP contribution < -0.4 is 11.1 Å². The predicted octanol–water partition coefficient (Wildman–Crippen LogP) is 3.06. The van der Waals surface area contributed by atoms with Gasteiger partial charge in [-0.3, -0.25) is 9.59 Å². The van der Waals surface area contributed by atoms with Gasteiger partial charge in [0.2, 0.25) is 17.0 Å². The molecule has 4 N–H and O–H groups in total. The van der Waals surface area contributed by atoms with E-state index in [1.165, 1.54) is 18.7 Å². The van der Waals surface area contributed by atoms with Gasteiger partial charge in [-0.1, -0.05) is 54.2 Å². The molecule has 0 bridgehead atoms. The molecule has 0 spiro atoms. The number of nitrogens with two attached hydrogens (primary N) is 1. The van der Waals surface area contributed by atoms with Crippen molar-refractivity contribution in [2.24, 2.45) is 0 Å². The number of nitrogens with zero attached hydrogens (tertiary/aromatic N) is 2. The maximum Gasteiger partial charge on any atom is 0.242 e. The van der Waals surface area contributed by atoms with E-state index in [1.807, 2.05) is 30.3 Å². The van der Waals surface area contributed by atoms with Gasteiger partial charge in [-0.2, -0.15) is 4.98 Å². The zero-order valence-corrected chi connectivity index (χ0v) is 14.8. The molecule has 1 amide bonds. The largest absolute Gasteiger partial charge is 0.368 e. The highest BCUT2D eigenvalue weighted by molar-refractivity contribution is 8.00. The summed E-state index contributed by atoms with van der Waals surface area (Å²) in [5.41, 5.74) is 7.46. The third kappa shape index (κ3) is 4.28. The number of aromatic nitrogens is 3. The minimum Gasteiger partial charge on any atom is -0.368 e. The van der Waals surface area contributed by atoms with Crippen LogP contribution in [0.25, 0.3) is 0 Å². The second-order valence-corrected chi connectivity index (χ2v) is 6.61. The first-order valence-corrected chi connectivity index (χ1v) is 8.72. The summed E-state index contributed by atoms with van der Waals surface area (Å²) >= 11 is 1.19. The summed E-state index contributed by atoms with van der Waals surface area (Å²) in [6.45, 7) is 1.48. The molecular weight excluding hydrogens is 350 g/mol. The van der Waals surface area contributed by atoms with Crippen molar-refractivity contribution in [1.29, 1.82) is 0 Å². The zero-order valence-electron chi connectivity index (χ0n) is 14.0. The quantitative estimate of drug-likeness (QED) is 0.456. The average molecular weight is 367 g/mol. The molecule has 0 fully saturated rings. The van der Waals surface area contributed by atoms with E-state index in [1.54, 1.807) is 24.3 Å². The molecule has 0 aliphatic heterocycles. The predicted molar refractivity (Wildman–Crippen MR) is 101 cm³/mol. The number of hydrogen-bond donors (Lipinski definition) is 3. The van der Waals surface area contributed by atoms with Crippen LogP contribution in [0.5, 0.6) is 0 Å². The van der Waals surface area contributed by atoms with Gasteiger partial charge in [0.15, 0.2) is 5.78 Å². The van der Waals surface area contributed by atoms with Crippen LogP contribution >= 0.6 is 11.8 Å². The van der Waals surface area contributed by atoms with Gasteiger partial charge in [0, 0.05) is 11.3 Å². The van der Waals surface area contributed by atoms with Gasteiger partial charge in [-0.15, -0.1) is 5.10 Å². The highest BCUT2D eigenvalue weighted by Gasteiger charge is 2.24. The first-order valence-electron chi connectivity index (χ1n) is 7.84. The SMILES string of the molecule is CC(=O)c1cccc(NC(=O)C(Sc2n[nH]c(N)n2)c2ccccc2)c1. The minimum absolute atomic E-state index is 0.0636. The lowest BCUT2D eigenvalue weighted by atomic mass is 10.1. The van der Waals surface area contributed by atoms with Crippen LogP contribution in [0.15, 0.2) is 59.8 Å². The summed E-state index contributed by atoms with van der Waals surface area (Å²) in [7, 11) is 0. The Hall–Kier alpha value is -3.13. The number of amides is 1. The van der Waals surface area contributed by atoms with Crippen molar-refractivity contribution in [3.63, 3.8) is 0 Å². The number of rotatable bonds is 6. The lowest BCUT2D eigenvalue weighted by Gasteiger charge is -2.15. The van der Waals surface area contributed by atoms with E-state index in [2.05, 4.69) is 20.5 Å². The fourth-order valence-corrected chi connectivity index (χ4v) is 3.26. The molecule has 2 aromatic carbocycles. The number of benzene rings is 2. The normalized spacial score (nSPS) is 11.7. The highest BCUT2D eigenvalue weighted by Crippen LogP contribution is 2.34. The van der Waals surface area contributed by atoms with E-state index in [0.29, 0.717) is 16.4 Å². The Morgan fingerprint density at radius 3 is 2.58 bits per heavy atom. The summed E-state index contributed by atoms with van der Waals surface area (Å²) in [6.07, 6.45) is 0. The van der Waals surface area contributed by atoms with Gasteiger partial charge >= 0.3 is 0 Å². The zero-order chi connectivity index (χ0) is 18.5. The lowest BCUT2D eigenvalue weighted by molar-refractivity contribution is -0.115. The number of nitrogen functional groups attached to an aromatic ring is 1. The summed E-state index contributed by atoms with van der Waals surface area (Å²) in [4.78, 5) is 28.5. The second kappa shape index (κ2) is 7.83. The van der Waals surface area contributed by atoms with Crippen LogP contribution in [-0.2, 0) is 4.79 Å². The number of carbonyl (C=O) groups is 2. The number of anilines is 2. The first-order chi connectivity index (χ1) is 12.5. The molecule has 1 unspecified atom stereocenters. The summed E-state index contributed by atoms with van der Waals surface area (Å²) < 4.78 is 0. The molecule has 1 atom stereocenters. The van der Waals surface area contributed by atoms with Gasteiger partial charge in [-0.05, 0) is 24.6 Å². The van der Waals surface area contributed by atoms with Crippen molar-refractivity contribution in [1.82, 2.24) is 15.2 Å². The number of carbonyl (C=O) groups excluding carboxylic acids is 2. The van der Waals surface area contributed by atoms with E-state index in [-0.39, 0.29) is 17.6 Å². The second-order valence-electron chi connectivity index (χ2n) is 5.54. The van der Waals surface area contributed by atoms with E-state index < -0.39 is 5.25 Å². The fraction of sp³-hybridized carbons (Fsp3) is 0.111. The fourth-order valence-electron chi connectivity index (χ4n) is 2.34. The summed E-state index contributed by atoms with van der Waals surface area (Å²) in [6, 6.07) is 16.1. The number of hydrogen-bond acceptors (Lipinski definition) is 6. The monoisotopic (exact) mass is 367 g/mol. The molecule has 0 saturated heterocycles. The molecule has 1 heterocycles. The molecule has 3 aromatic rings. The molecule has 1 aromatic heterocycles. The summed E-state index contributed by atoms with van der Waals surface area (Å²) in [5, 5.41) is 9.20. The van der Waals surface area contributed by atoms with Crippen LogP contribution in [0.1, 0.15) is 28.1 Å². The molecule has 132 valence electrons. The third-order valence-corrected chi connectivity index (χ3v) is 4.70. The van der Waals surface area contributed by atoms with Crippen molar-refractivity contribution >= 4 is 35.1 Å². The molecular formula is C18H17N5O2S. The number of Topliss-reactive ketones (excluding diaryl/α,β-unsaturated/α-hetero) is 1. The molecule has 0 saturated carbocycles. The van der Waals surface area contributed by atoms with E-state index in [0.717, 1.165) is 5.56 Å². The number of H-pyrrole nitrogens is 1. The van der Waals surface area contributed by atoms with Crippen molar-refractivity contribution in [2.75, 3.05) is 11.1 Å². The van der Waals surface area contributed by atoms with Gasteiger partial charge in [0.05, 0.1) is 0 Å². The molecule has 3 rings (SSSR count). The molecule has 0 radical (unpaired) electrons. The molecule has 0 aliphatic rings. The van der Waals surface area contributed by atoms with Gasteiger partial charge < -0.3 is 11.1 Å². The molecule has 7 nitrogen and oxygen atoms in total. The van der Waals surface area contributed by atoms with Gasteiger partial charge in [-0.25, -0.2) is 5.10 Å². The topological polar surface area (TPSA) is 114 Å². The van der Waals surface area contributed by atoms with Crippen LogP contribution in [0.2, 0.25) is 0 Å². The van der Waals surface area contributed by atoms with Crippen LogP contribution in [0.3, 0.4) is 0 Å². The van der Waals surface area contributed by atoms with Gasteiger partial charge in [0.25, 0.3) is 0 Å². The van der Waals surface area contributed by atoms with Crippen molar-refractivity contribution in [3.8, 4) is 0 Å². The Kier molecular flexibility index (Phi) is 5.33. The Bertz CT molecular complexity index is 926. The number of aromatic amines is 1. The average Bonchev–Trinajstić information content (AvgIpc) is 3.05. The molecule has 8 heteroatoms. The van der Waals surface area contributed by atoms with Crippen molar-refractivity contribution < 1.29 is 9.59 Å². The number of ketones is 1. The van der Waals surface area contributed by atoms with E-state index in [4.69, 9.17) is 5.73 Å². The van der Waals surface area contributed by atoms with E-state index >= 15 is 0 Å². The van der Waals surface area contributed by atoms with Crippen LogP contribution in [-0.4, -0.2) is 26.9 Å². The van der Waals surface area contributed by atoms with Gasteiger partial charge in [0.1, 0.15) is 5.25 Å². The number of nitrogens with one attached hydrogen (secondary N) is 2. The minimum atomic E-state index is -0.576. The molecule has 0 aliphatic carbocycles. The van der Waals surface area contributed by atoms with Crippen molar-refractivity contribution in [3.05, 3.63) is 65.7 Å². The molecule has 26 heavy (non-hydrogen) atoms. The highest BCUT2D eigenvalue weighted by atomic mass is 32.2. The smallest absolute Gasteiger partial charge is 0.242 e. The number of thioether (sulfide) groups is 1. The van der Waals surface area contributed by atoms with Crippen LogP contribution in [0.4, 0.5) is 11.6 Å². The first kappa shape index (κ1) is 17.7. The Balaban J connectivity index is 1.85. The Morgan fingerprint density at radius 1 is 1.15 bits per heavy atom. The van der Waals surface area contributed by atoms with Crippen molar-refractivity contribution in [2.45, 2.75) is 17.3 Å². The third-order valence-electron chi connectivity index (χ3n) is 3.58. The Morgan fingerprint density at radius 2 is 1.92 bits per heavy atom. The Labute approximate surface area is 154 Å². The lowest BCUT2D eigenvalue weighted by Crippen LogP contribution is -2.19. The van der Waals surface area contributed by atoms with E-state index in [9.17, 15) is 9.59 Å². The maximum absolute atomic E-state index is 12.9. The maximum atomic E-state index is 12.9. The summed E-state index contributed by atoms with van der Waals surface area (Å²) in [5.74, 6) is -0.120. The standard InChI is InChI=1S/C18H17N5O2S/c1-11(24)13-8-5-9-14(10-13)20-16(25)15(12-6-3-2-4-7-12)26-18-21-17(19)22-23-18/h2-10,15H,1H3,(H,20,25)(H3,19,21,22,23).